The molecular formula is C30H56O8. The summed E-state index contributed by atoms with van der Waals surface area (Å²) >= 11 is 0. The van der Waals surface area contributed by atoms with E-state index in [-0.39, 0.29) is 19.2 Å². The van der Waals surface area contributed by atoms with Gasteiger partial charge in [0.2, 0.25) is 6.29 Å². The zero-order chi connectivity index (χ0) is 28.4. The second kappa shape index (κ2) is 35.5. The molecule has 0 heterocycles. The van der Waals surface area contributed by atoms with Crippen LogP contribution in [-0.2, 0) is 23.7 Å². The van der Waals surface area contributed by atoms with Gasteiger partial charge in [-0.25, -0.2) is 0 Å². The number of unbranched alkanes of at least 4 members (excludes halogenated alkanes) is 5. The number of aliphatic hydroxyl groups excluding tert-OH is 3. The number of aliphatic hydroxyl groups is 3. The first-order valence-electron chi connectivity index (χ1n) is 14.4. The van der Waals surface area contributed by atoms with Crippen molar-refractivity contribution in [3.05, 3.63) is 36.5 Å². The molecule has 0 aromatic carbocycles. The normalized spacial score (nSPS) is 12.3. The van der Waals surface area contributed by atoms with Gasteiger partial charge in [0.1, 0.15) is 0 Å². The van der Waals surface area contributed by atoms with Crippen molar-refractivity contribution in [2.45, 2.75) is 97.2 Å². The average molecular weight is 545 g/mol. The molecule has 0 saturated heterocycles. The van der Waals surface area contributed by atoms with E-state index in [0.717, 1.165) is 51.4 Å². The van der Waals surface area contributed by atoms with Crippen molar-refractivity contribution in [2.24, 2.45) is 0 Å². The van der Waals surface area contributed by atoms with Crippen molar-refractivity contribution in [1.82, 2.24) is 0 Å². The predicted octanol–water partition coefficient (Wildman–Crippen LogP) is 5.26. The van der Waals surface area contributed by atoms with Crippen LogP contribution < -0.4 is 0 Å². The third-order valence-corrected chi connectivity index (χ3v) is 5.05. The third-order valence-electron chi connectivity index (χ3n) is 5.05. The van der Waals surface area contributed by atoms with Gasteiger partial charge in [0.15, 0.2) is 0 Å². The third kappa shape index (κ3) is 36.6. The van der Waals surface area contributed by atoms with Gasteiger partial charge in [-0.1, -0.05) is 76.0 Å². The van der Waals surface area contributed by atoms with Crippen LogP contribution in [-0.4, -0.2) is 80.4 Å². The Morgan fingerprint density at radius 2 is 1.18 bits per heavy atom. The molecule has 0 saturated carbocycles. The minimum absolute atomic E-state index is 0.0413. The SMILES string of the molecule is CC/C=C\C/C=C\C/C=C\CCCCCCCC(=O)OC(O)CCC.OCCOCCOCCOCCO. The lowest BCUT2D eigenvalue weighted by atomic mass is 10.1. The number of ether oxygens (including phenoxy) is 4. The molecule has 0 spiro atoms. The molecule has 38 heavy (non-hydrogen) atoms. The van der Waals surface area contributed by atoms with Crippen LogP contribution in [0.3, 0.4) is 0 Å². The summed E-state index contributed by atoms with van der Waals surface area (Å²) in [6.45, 7) is 6.87. The van der Waals surface area contributed by atoms with Crippen LogP contribution in [0.1, 0.15) is 90.9 Å². The summed E-state index contributed by atoms with van der Waals surface area (Å²) in [5.41, 5.74) is 0. The maximum Gasteiger partial charge on any atom is 0.308 e. The molecule has 0 fully saturated rings. The lowest BCUT2D eigenvalue weighted by Gasteiger charge is -2.10. The van der Waals surface area contributed by atoms with Gasteiger partial charge in [-0.15, -0.1) is 0 Å². The fraction of sp³-hybridized carbons (Fsp3) is 0.767. The zero-order valence-corrected chi connectivity index (χ0v) is 24.1. The van der Waals surface area contributed by atoms with E-state index in [2.05, 4.69) is 43.4 Å². The molecule has 0 radical (unpaired) electrons. The Bertz CT molecular complexity index is 538. The van der Waals surface area contributed by atoms with Crippen LogP contribution >= 0.6 is 0 Å². The molecule has 8 heteroatoms. The first kappa shape index (κ1) is 38.6. The topological polar surface area (TPSA) is 115 Å². The summed E-state index contributed by atoms with van der Waals surface area (Å²) in [7, 11) is 0. The number of carbonyl (C=O) groups is 1. The lowest BCUT2D eigenvalue weighted by Crippen LogP contribution is -2.16. The summed E-state index contributed by atoms with van der Waals surface area (Å²) in [6, 6.07) is 0. The fourth-order valence-electron chi connectivity index (χ4n) is 3.08. The van der Waals surface area contributed by atoms with Gasteiger partial charge in [0, 0.05) is 12.8 Å². The minimum atomic E-state index is -0.924. The lowest BCUT2D eigenvalue weighted by molar-refractivity contribution is -0.168. The Labute approximate surface area is 231 Å². The molecule has 0 rings (SSSR count). The van der Waals surface area contributed by atoms with Crippen LogP contribution in [0.4, 0.5) is 0 Å². The highest BCUT2D eigenvalue weighted by Gasteiger charge is 2.09. The Kier molecular flexibility index (Phi) is 36.0. The quantitative estimate of drug-likeness (QED) is 0.0585. The fourth-order valence-corrected chi connectivity index (χ4v) is 3.08. The number of rotatable bonds is 26. The Morgan fingerprint density at radius 1 is 0.684 bits per heavy atom. The molecule has 224 valence electrons. The van der Waals surface area contributed by atoms with Crippen LogP contribution in [0.2, 0.25) is 0 Å². The van der Waals surface area contributed by atoms with Crippen molar-refractivity contribution in [3.63, 3.8) is 0 Å². The van der Waals surface area contributed by atoms with E-state index in [4.69, 9.17) is 29.2 Å². The summed E-state index contributed by atoms with van der Waals surface area (Å²) in [6.07, 6.45) is 23.9. The first-order valence-corrected chi connectivity index (χ1v) is 14.4. The van der Waals surface area contributed by atoms with E-state index in [9.17, 15) is 9.90 Å². The van der Waals surface area contributed by atoms with Gasteiger partial charge in [-0.3, -0.25) is 4.79 Å². The predicted molar refractivity (Wildman–Crippen MR) is 153 cm³/mol. The van der Waals surface area contributed by atoms with Crippen LogP contribution in [0, 0.1) is 0 Å². The minimum Gasteiger partial charge on any atom is -0.436 e. The molecule has 8 nitrogen and oxygen atoms in total. The molecule has 0 aliphatic carbocycles. The van der Waals surface area contributed by atoms with Crippen LogP contribution in [0.25, 0.3) is 0 Å². The number of allylic oxidation sites excluding steroid dienone is 6. The molecule has 0 amide bonds. The maximum atomic E-state index is 11.5. The Balaban J connectivity index is 0. The molecule has 0 aliphatic rings. The Morgan fingerprint density at radius 3 is 1.74 bits per heavy atom. The number of carbonyl (C=O) groups excluding carboxylic acids is 1. The van der Waals surface area contributed by atoms with E-state index < -0.39 is 6.29 Å². The van der Waals surface area contributed by atoms with Gasteiger partial charge in [0.25, 0.3) is 0 Å². The highest BCUT2D eigenvalue weighted by atomic mass is 16.6. The molecule has 3 N–H and O–H groups in total. The van der Waals surface area contributed by atoms with Crippen molar-refractivity contribution in [3.8, 4) is 0 Å². The summed E-state index contributed by atoms with van der Waals surface area (Å²) in [4.78, 5) is 11.5. The first-order chi connectivity index (χ1) is 18.6. The zero-order valence-electron chi connectivity index (χ0n) is 24.1. The monoisotopic (exact) mass is 544 g/mol. The second-order valence-electron chi connectivity index (χ2n) is 8.62. The molecule has 0 aliphatic heterocycles. The molecule has 0 aromatic rings. The van der Waals surface area contributed by atoms with Gasteiger partial charge in [-0.05, 0) is 38.5 Å². The largest absolute Gasteiger partial charge is 0.436 e. The van der Waals surface area contributed by atoms with Crippen LogP contribution in [0.15, 0.2) is 36.5 Å². The summed E-state index contributed by atoms with van der Waals surface area (Å²) in [5.74, 6) is -0.276. The van der Waals surface area contributed by atoms with E-state index in [1.165, 1.54) is 12.8 Å². The maximum absolute atomic E-state index is 11.5. The molecule has 1 unspecified atom stereocenters. The Hall–Kier alpha value is -1.55. The highest BCUT2D eigenvalue weighted by molar-refractivity contribution is 5.69. The van der Waals surface area contributed by atoms with Crippen molar-refractivity contribution in [2.75, 3.05) is 52.9 Å². The standard InChI is InChI=1S/C22H38O3.C8H18O5/c1-3-5-6-7-8-9-10-11-12-13-14-15-16-17-18-20-22(24)25-21(23)19-4-2;9-1-3-11-5-7-13-8-6-12-4-2-10/h5-6,8-9,11-12,21,23H,3-4,7,10,13-20H2,1-2H3;9-10H,1-8H2/b6-5-,9-8-,12-11-;. The van der Waals surface area contributed by atoms with Crippen LogP contribution in [0.5, 0.6) is 0 Å². The van der Waals surface area contributed by atoms with Gasteiger partial charge in [0.05, 0.1) is 52.9 Å². The number of hydrogen-bond donors (Lipinski definition) is 3. The van der Waals surface area contributed by atoms with E-state index in [0.29, 0.717) is 52.5 Å². The smallest absolute Gasteiger partial charge is 0.308 e. The molecular weight excluding hydrogens is 488 g/mol. The van der Waals surface area contributed by atoms with E-state index >= 15 is 0 Å². The van der Waals surface area contributed by atoms with Gasteiger partial charge >= 0.3 is 5.97 Å². The highest BCUT2D eigenvalue weighted by Crippen LogP contribution is 2.09. The number of hydrogen-bond acceptors (Lipinski definition) is 8. The number of esters is 1. The molecule has 0 aromatic heterocycles. The van der Waals surface area contributed by atoms with Gasteiger partial charge < -0.3 is 34.3 Å². The van der Waals surface area contributed by atoms with Crippen molar-refractivity contribution >= 4 is 5.97 Å². The van der Waals surface area contributed by atoms with E-state index in [1.807, 2.05) is 6.92 Å². The van der Waals surface area contributed by atoms with Crippen molar-refractivity contribution < 1.29 is 39.1 Å². The average Bonchev–Trinajstić information content (AvgIpc) is 2.90. The van der Waals surface area contributed by atoms with E-state index in [1.54, 1.807) is 0 Å². The molecule has 1 atom stereocenters. The second-order valence-corrected chi connectivity index (χ2v) is 8.62. The van der Waals surface area contributed by atoms with Gasteiger partial charge in [-0.2, -0.15) is 0 Å². The van der Waals surface area contributed by atoms with Crippen molar-refractivity contribution in [1.29, 1.82) is 0 Å². The summed E-state index contributed by atoms with van der Waals surface area (Å²) < 4.78 is 19.9. The summed E-state index contributed by atoms with van der Waals surface area (Å²) in [5, 5.41) is 26.1. The molecule has 0 bridgehead atoms.